The van der Waals surface area contributed by atoms with Crippen LogP contribution in [0.5, 0.6) is 11.5 Å². The quantitative estimate of drug-likeness (QED) is 0.224. The van der Waals surface area contributed by atoms with Gasteiger partial charge in [0.15, 0.2) is 0 Å². The summed E-state index contributed by atoms with van der Waals surface area (Å²) in [6, 6.07) is 9.61. The second-order valence-corrected chi connectivity index (χ2v) is 20.4. The predicted octanol–water partition coefficient (Wildman–Crippen LogP) is 12.2. The van der Waals surface area contributed by atoms with Crippen molar-refractivity contribution in [1.29, 1.82) is 0 Å². The van der Waals surface area contributed by atoms with E-state index in [-0.39, 0.29) is 31.8 Å². The molecule has 0 bridgehead atoms. The van der Waals surface area contributed by atoms with Crippen molar-refractivity contribution in [3.05, 3.63) is 83.0 Å². The van der Waals surface area contributed by atoms with Gasteiger partial charge in [0, 0.05) is 47.0 Å². The van der Waals surface area contributed by atoms with Crippen LogP contribution in [-0.2, 0) is 35.2 Å². The minimum Gasteiger partial charge on any atom is -0.452 e. The Kier molecular flexibility index (Phi) is 12.6. The monoisotopic (exact) mass is 676 g/mol. The van der Waals surface area contributed by atoms with E-state index in [1.807, 2.05) is 12.2 Å². The fraction of sp³-hybridized carbons (Fsp3) is 0.581. The first-order chi connectivity index (χ1) is 22.0. The van der Waals surface area contributed by atoms with Crippen molar-refractivity contribution in [2.75, 3.05) is 0 Å². The molecule has 1 aliphatic heterocycles. The maximum absolute atomic E-state index is 7.15. The highest BCUT2D eigenvalue weighted by Crippen LogP contribution is 2.47. The number of allylic oxidation sites excluding steroid dienone is 2. The molecule has 0 radical (unpaired) electrons. The molecule has 1 saturated carbocycles. The third-order valence-corrected chi connectivity index (χ3v) is 14.2. The Bertz CT molecular complexity index is 1360. The molecule has 1 fully saturated rings. The highest BCUT2D eigenvalue weighted by atomic mass is 32.2. The highest BCUT2D eigenvalue weighted by Gasteiger charge is 2.33. The molecule has 0 spiro atoms. The smallest absolute Gasteiger partial charge is 0.245 e. The van der Waals surface area contributed by atoms with Crippen LogP contribution in [0, 0.1) is 0 Å². The summed E-state index contributed by atoms with van der Waals surface area (Å²) in [6.45, 7) is 26.2. The normalized spacial score (nSPS) is 23.8. The summed E-state index contributed by atoms with van der Waals surface area (Å²) < 4.78 is 14.3. The van der Waals surface area contributed by atoms with E-state index in [0.29, 0.717) is 10.5 Å². The lowest BCUT2D eigenvalue weighted by molar-refractivity contribution is -0.0829. The molecule has 4 rings (SSSR count). The minimum atomic E-state index is -0.892. The Hall–Kier alpha value is -2.04. The first kappa shape index (κ1) is 37.8. The van der Waals surface area contributed by atoms with Gasteiger partial charge in [0.05, 0.1) is 0 Å². The average Bonchev–Trinajstić information content (AvgIpc) is 2.95. The number of aryl methyl sites for hydroxylation is 2. The third kappa shape index (κ3) is 9.78. The van der Waals surface area contributed by atoms with E-state index in [9.17, 15) is 0 Å². The van der Waals surface area contributed by atoms with E-state index in [2.05, 4.69) is 92.8 Å². The van der Waals surface area contributed by atoms with Crippen LogP contribution in [0.25, 0.3) is 0 Å². The molecule has 2 aliphatic rings. The molecule has 47 heavy (non-hydrogen) atoms. The molecule has 4 atom stereocenters. The van der Waals surface area contributed by atoms with E-state index < -0.39 is 5.79 Å². The van der Waals surface area contributed by atoms with Crippen LogP contribution in [0.15, 0.2) is 49.6 Å². The Morgan fingerprint density at radius 2 is 1.06 bits per heavy atom. The molecule has 0 aromatic heterocycles. The fourth-order valence-electron chi connectivity index (χ4n) is 7.04. The standard InChI is InChI=1S/C43H64O2S2/c1-13-15-21-31-25-35(41(3,4)5)27-33-29-46(11)37-23-19-17-18-20-24-38(37)47(12)30-34-28-36(42(6,7)8)26-32(22-16-14-2)40(34)45-43(9,10)44-39(31)33/h13-14,25-28,37-38H,1-2,11-12,15-24,29-30H2,3-10H3. The zero-order chi connectivity index (χ0) is 34.6. The largest absolute Gasteiger partial charge is 0.452 e. The Labute approximate surface area is 293 Å². The van der Waals surface area contributed by atoms with Crippen molar-refractivity contribution in [2.24, 2.45) is 0 Å². The molecule has 1 heterocycles. The molecular formula is C43H64O2S2. The van der Waals surface area contributed by atoms with Crippen molar-refractivity contribution in [1.82, 2.24) is 0 Å². The van der Waals surface area contributed by atoms with Crippen molar-refractivity contribution in [3.8, 4) is 11.5 Å². The van der Waals surface area contributed by atoms with Gasteiger partial charge in [-0.2, -0.15) is 21.0 Å². The van der Waals surface area contributed by atoms with Gasteiger partial charge in [0.1, 0.15) is 11.5 Å². The summed E-state index contributed by atoms with van der Waals surface area (Å²) in [5, 5.41) is 1.12. The number of ether oxygens (including phenoxy) is 2. The van der Waals surface area contributed by atoms with E-state index in [4.69, 9.17) is 21.2 Å². The lowest BCUT2D eigenvalue weighted by Crippen LogP contribution is -2.37. The van der Waals surface area contributed by atoms with Crippen molar-refractivity contribution in [3.63, 3.8) is 0 Å². The molecule has 0 amide bonds. The van der Waals surface area contributed by atoms with Crippen molar-refractivity contribution in [2.45, 2.75) is 158 Å². The van der Waals surface area contributed by atoms with Crippen LogP contribution in [0.4, 0.5) is 0 Å². The maximum atomic E-state index is 7.15. The summed E-state index contributed by atoms with van der Waals surface area (Å²) >= 11 is 0. The zero-order valence-electron chi connectivity index (χ0n) is 31.1. The molecule has 260 valence electrons. The number of fused-ring (bicyclic) bond motifs is 3. The lowest BCUT2D eigenvalue weighted by Gasteiger charge is -2.34. The molecule has 2 nitrogen and oxygen atoms in total. The molecule has 4 unspecified atom stereocenters. The second kappa shape index (κ2) is 15.7. The summed E-state index contributed by atoms with van der Waals surface area (Å²) in [6.07, 6.45) is 15.4. The number of benzene rings is 2. The van der Waals surface area contributed by atoms with Crippen molar-refractivity contribution >= 4 is 32.7 Å². The van der Waals surface area contributed by atoms with Gasteiger partial charge in [-0.3, -0.25) is 0 Å². The maximum Gasteiger partial charge on any atom is 0.245 e. The molecule has 1 aliphatic carbocycles. The molecule has 0 N–H and O–H groups in total. The Balaban J connectivity index is 2.00. The lowest BCUT2D eigenvalue weighted by atomic mass is 9.84. The Morgan fingerprint density at radius 3 is 1.40 bits per heavy atom. The second-order valence-electron chi connectivity index (χ2n) is 16.4. The van der Waals surface area contributed by atoms with E-state index in [0.717, 1.165) is 48.7 Å². The van der Waals surface area contributed by atoms with Crippen LogP contribution in [0.2, 0.25) is 0 Å². The zero-order valence-corrected chi connectivity index (χ0v) is 32.7. The van der Waals surface area contributed by atoms with Gasteiger partial charge in [0.25, 0.3) is 0 Å². The molecule has 2 aromatic rings. The van der Waals surface area contributed by atoms with E-state index in [1.165, 1.54) is 71.9 Å². The molecular weight excluding hydrogens is 613 g/mol. The minimum absolute atomic E-state index is 0.0251. The van der Waals surface area contributed by atoms with Gasteiger partial charge in [0.2, 0.25) is 5.79 Å². The van der Waals surface area contributed by atoms with Crippen LogP contribution >= 0.6 is 21.0 Å². The Morgan fingerprint density at radius 1 is 0.681 bits per heavy atom. The van der Waals surface area contributed by atoms with Gasteiger partial charge in [-0.05, 0) is 71.6 Å². The summed E-state index contributed by atoms with van der Waals surface area (Å²) in [5.74, 6) is 12.9. The van der Waals surface area contributed by atoms with Gasteiger partial charge in [-0.15, -0.1) is 13.2 Å². The van der Waals surface area contributed by atoms with Crippen molar-refractivity contribution < 1.29 is 9.47 Å². The fourth-order valence-corrected chi connectivity index (χ4v) is 11.8. The SMILES string of the molecule is C=CCCc1cc(C(C)(C)C)cc2c1OC(C)(C)Oc1c(CCC=C)cc(C(C)(C)C)cc1CS(=C)C1CCCCCCC1S(=C)C2. The summed E-state index contributed by atoms with van der Waals surface area (Å²) in [5.41, 5.74) is 7.83. The van der Waals surface area contributed by atoms with Crippen LogP contribution in [-0.4, -0.2) is 28.0 Å². The third-order valence-electron chi connectivity index (χ3n) is 9.83. The topological polar surface area (TPSA) is 18.5 Å². The molecule has 4 heteroatoms. The number of hydrogen-bond donors (Lipinski definition) is 0. The van der Waals surface area contributed by atoms with E-state index in [1.54, 1.807) is 0 Å². The van der Waals surface area contributed by atoms with Crippen LogP contribution in [0.1, 0.15) is 140 Å². The number of rotatable bonds is 6. The van der Waals surface area contributed by atoms with Gasteiger partial charge < -0.3 is 9.47 Å². The first-order valence-electron chi connectivity index (χ1n) is 17.9. The summed E-state index contributed by atoms with van der Waals surface area (Å²) in [4.78, 5) is 0. The van der Waals surface area contributed by atoms with Crippen LogP contribution in [0.3, 0.4) is 0 Å². The average molecular weight is 677 g/mol. The van der Waals surface area contributed by atoms with Gasteiger partial charge >= 0.3 is 0 Å². The highest BCUT2D eigenvalue weighted by molar-refractivity contribution is 8.17. The summed E-state index contributed by atoms with van der Waals surface area (Å²) in [7, 11) is -0.136. The predicted molar refractivity (Wildman–Crippen MR) is 215 cm³/mol. The molecule has 0 saturated heterocycles. The van der Waals surface area contributed by atoms with Gasteiger partial charge in [-0.25, -0.2) is 0 Å². The molecule has 2 aromatic carbocycles. The number of hydrogen-bond acceptors (Lipinski definition) is 2. The van der Waals surface area contributed by atoms with E-state index >= 15 is 0 Å². The van der Waals surface area contributed by atoms with Crippen LogP contribution < -0.4 is 9.47 Å². The van der Waals surface area contributed by atoms with Gasteiger partial charge in [-0.1, -0.05) is 115 Å². The first-order valence-corrected chi connectivity index (χ1v) is 21.2.